The molecular weight excluding hydrogens is 386 g/mol. The van der Waals surface area contributed by atoms with E-state index in [2.05, 4.69) is 17.7 Å². The van der Waals surface area contributed by atoms with Gasteiger partial charge in [-0.15, -0.1) is 4.72 Å². The molecule has 1 aliphatic heterocycles. The van der Waals surface area contributed by atoms with E-state index in [-0.39, 0.29) is 22.3 Å². The van der Waals surface area contributed by atoms with Crippen LogP contribution in [-0.2, 0) is 22.5 Å². The SMILES string of the molecule is Cc1cnc2c(c1)CC1(CCN(C(=O)OC(C)(C)C)CC1)[C@H]2N[S+]([O-])C(C)(C)C. The summed E-state index contributed by atoms with van der Waals surface area (Å²) in [5, 5.41) is 0. The maximum Gasteiger partial charge on any atom is 0.410 e. The highest BCUT2D eigenvalue weighted by molar-refractivity contribution is 7.90. The average Bonchev–Trinajstić information content (AvgIpc) is 2.85. The third-order valence-corrected chi connectivity index (χ3v) is 7.32. The van der Waals surface area contributed by atoms with E-state index in [1.54, 1.807) is 4.90 Å². The summed E-state index contributed by atoms with van der Waals surface area (Å²) in [5.41, 5.74) is 2.81. The topological polar surface area (TPSA) is 77.5 Å². The molecule has 7 heteroatoms. The van der Waals surface area contributed by atoms with Crippen LogP contribution in [0.5, 0.6) is 0 Å². The zero-order valence-corrected chi connectivity index (χ0v) is 19.6. The number of amides is 1. The van der Waals surface area contributed by atoms with Crippen LogP contribution in [0.25, 0.3) is 0 Å². The molecular formula is C22H35N3O3S. The molecule has 1 N–H and O–H groups in total. The van der Waals surface area contributed by atoms with E-state index < -0.39 is 17.0 Å². The lowest BCUT2D eigenvalue weighted by atomic mass is 9.73. The van der Waals surface area contributed by atoms with Crippen LogP contribution in [0.2, 0.25) is 0 Å². The van der Waals surface area contributed by atoms with E-state index in [0.717, 1.165) is 30.5 Å². The van der Waals surface area contributed by atoms with Crippen molar-refractivity contribution < 1.29 is 14.1 Å². The minimum atomic E-state index is -1.19. The number of nitrogens with zero attached hydrogens (tertiary/aromatic N) is 2. The van der Waals surface area contributed by atoms with Gasteiger partial charge in [0.2, 0.25) is 0 Å². The van der Waals surface area contributed by atoms with Crippen molar-refractivity contribution in [3.8, 4) is 0 Å². The molecule has 1 unspecified atom stereocenters. The van der Waals surface area contributed by atoms with Crippen LogP contribution in [0.1, 0.15) is 77.2 Å². The highest BCUT2D eigenvalue weighted by atomic mass is 32.2. The highest BCUT2D eigenvalue weighted by Gasteiger charge is 2.52. The van der Waals surface area contributed by atoms with Crippen LogP contribution >= 0.6 is 0 Å². The number of rotatable bonds is 2. The first-order valence-electron chi connectivity index (χ1n) is 10.4. The lowest BCUT2D eigenvalue weighted by Crippen LogP contribution is -2.51. The van der Waals surface area contributed by atoms with Crippen molar-refractivity contribution in [3.63, 3.8) is 0 Å². The minimum absolute atomic E-state index is 0.0704. The molecule has 162 valence electrons. The lowest BCUT2D eigenvalue weighted by Gasteiger charge is -2.43. The van der Waals surface area contributed by atoms with Crippen LogP contribution in [0.3, 0.4) is 0 Å². The van der Waals surface area contributed by atoms with Gasteiger partial charge in [-0.05, 0) is 78.9 Å². The quantitative estimate of drug-likeness (QED) is 0.729. The number of nitrogens with one attached hydrogen (secondary N) is 1. The molecule has 1 fully saturated rings. The van der Waals surface area contributed by atoms with Crippen LogP contribution in [0, 0.1) is 12.3 Å². The smallest absolute Gasteiger partial charge is 0.410 e. The standard InChI is InChI=1S/C22H35N3O3S/c1-15-12-16-13-22(8-10-25(11-9-22)19(26)28-20(2,3)4)18(17(16)23-14-15)24-29(27)21(5,6)7/h12,14,18,24H,8-11,13H2,1-7H3/t18-,29?/m0/s1. The van der Waals surface area contributed by atoms with Crippen molar-refractivity contribution in [2.24, 2.45) is 5.41 Å². The number of carbonyl (C=O) groups is 1. The molecule has 2 atom stereocenters. The largest absolute Gasteiger partial charge is 0.598 e. The summed E-state index contributed by atoms with van der Waals surface area (Å²) in [5.74, 6) is 0. The molecule has 0 aromatic carbocycles. The number of ether oxygens (including phenoxy) is 1. The molecule has 0 bridgehead atoms. The van der Waals surface area contributed by atoms with Crippen molar-refractivity contribution >= 4 is 17.5 Å². The Bertz CT molecular complexity index is 762. The summed E-state index contributed by atoms with van der Waals surface area (Å²) in [4.78, 5) is 19.0. The van der Waals surface area contributed by atoms with E-state index in [9.17, 15) is 9.35 Å². The maximum absolute atomic E-state index is 12.9. The highest BCUT2D eigenvalue weighted by Crippen LogP contribution is 2.52. The molecule has 1 aliphatic carbocycles. The fraction of sp³-hybridized carbons (Fsp3) is 0.727. The summed E-state index contributed by atoms with van der Waals surface area (Å²) in [7, 11) is 0. The number of hydrogen-bond acceptors (Lipinski definition) is 5. The van der Waals surface area contributed by atoms with Gasteiger partial charge in [0.15, 0.2) is 0 Å². The molecule has 2 heterocycles. The minimum Gasteiger partial charge on any atom is -0.598 e. The van der Waals surface area contributed by atoms with E-state index >= 15 is 0 Å². The van der Waals surface area contributed by atoms with Gasteiger partial charge in [-0.25, -0.2) is 4.79 Å². The molecule has 29 heavy (non-hydrogen) atoms. The summed E-state index contributed by atoms with van der Waals surface area (Å²) in [6.07, 6.45) is 4.21. The summed E-state index contributed by atoms with van der Waals surface area (Å²) < 4.78 is 21.5. The molecule has 1 spiro atoms. The van der Waals surface area contributed by atoms with Crippen molar-refractivity contribution in [2.45, 2.75) is 84.1 Å². The first-order chi connectivity index (χ1) is 13.3. The molecule has 2 aliphatic rings. The number of hydrogen-bond donors (Lipinski definition) is 1. The Balaban J connectivity index is 1.81. The van der Waals surface area contributed by atoms with Gasteiger partial charge in [0.1, 0.15) is 16.4 Å². The zero-order valence-electron chi connectivity index (χ0n) is 18.8. The van der Waals surface area contributed by atoms with Crippen LogP contribution in [0.4, 0.5) is 4.79 Å². The first kappa shape index (κ1) is 22.4. The van der Waals surface area contributed by atoms with Crippen molar-refractivity contribution in [1.82, 2.24) is 14.6 Å². The van der Waals surface area contributed by atoms with Gasteiger partial charge in [0.25, 0.3) is 0 Å². The number of piperidine rings is 1. The Morgan fingerprint density at radius 1 is 1.28 bits per heavy atom. The Morgan fingerprint density at radius 2 is 1.90 bits per heavy atom. The summed E-state index contributed by atoms with van der Waals surface area (Å²) in [6, 6.07) is 2.13. The number of pyridine rings is 1. The van der Waals surface area contributed by atoms with Gasteiger partial charge in [-0.1, -0.05) is 6.07 Å². The third kappa shape index (κ3) is 4.89. The maximum atomic E-state index is 12.9. The number of likely N-dealkylation sites (tertiary alicyclic amines) is 1. The van der Waals surface area contributed by atoms with E-state index in [0.29, 0.717) is 13.1 Å². The molecule has 1 aromatic rings. The van der Waals surface area contributed by atoms with E-state index in [1.165, 1.54) is 5.56 Å². The molecule has 6 nitrogen and oxygen atoms in total. The fourth-order valence-corrected chi connectivity index (χ4v) is 5.13. The van der Waals surface area contributed by atoms with Crippen LogP contribution in [-0.4, -0.2) is 44.0 Å². The van der Waals surface area contributed by atoms with Crippen molar-refractivity contribution in [1.29, 1.82) is 0 Å². The molecule has 1 aromatic heterocycles. The van der Waals surface area contributed by atoms with Crippen LogP contribution in [0.15, 0.2) is 12.3 Å². The second-order valence-corrected chi connectivity index (χ2v) is 12.5. The number of aromatic nitrogens is 1. The van der Waals surface area contributed by atoms with Gasteiger partial charge >= 0.3 is 6.09 Å². The zero-order chi connectivity index (χ0) is 21.6. The third-order valence-electron chi connectivity index (χ3n) is 5.76. The normalized spacial score (nSPS) is 22.5. The number of fused-ring (bicyclic) bond motifs is 1. The van der Waals surface area contributed by atoms with Crippen LogP contribution < -0.4 is 4.72 Å². The van der Waals surface area contributed by atoms with Gasteiger partial charge in [-0.2, -0.15) is 0 Å². The fourth-order valence-electron chi connectivity index (χ4n) is 4.20. The first-order valence-corrected chi connectivity index (χ1v) is 11.6. The number of carbonyl (C=O) groups excluding carboxylic acids is 1. The number of aryl methyl sites for hydroxylation is 1. The van der Waals surface area contributed by atoms with E-state index in [1.807, 2.05) is 47.7 Å². The van der Waals surface area contributed by atoms with Gasteiger partial charge < -0.3 is 14.2 Å². The lowest BCUT2D eigenvalue weighted by molar-refractivity contribution is 0.00705. The monoisotopic (exact) mass is 421 g/mol. The average molecular weight is 422 g/mol. The molecule has 0 saturated carbocycles. The summed E-state index contributed by atoms with van der Waals surface area (Å²) >= 11 is -1.19. The van der Waals surface area contributed by atoms with Gasteiger partial charge in [-0.3, -0.25) is 4.98 Å². The van der Waals surface area contributed by atoms with Gasteiger partial charge in [0, 0.05) is 36.1 Å². The Morgan fingerprint density at radius 3 is 2.45 bits per heavy atom. The Kier molecular flexibility index (Phi) is 5.98. The molecule has 1 amide bonds. The van der Waals surface area contributed by atoms with Gasteiger partial charge in [0.05, 0.1) is 5.69 Å². The van der Waals surface area contributed by atoms with Crippen molar-refractivity contribution in [2.75, 3.05) is 13.1 Å². The Labute approximate surface area is 178 Å². The van der Waals surface area contributed by atoms with Crippen molar-refractivity contribution in [3.05, 3.63) is 29.1 Å². The Hall–Kier alpha value is -1.31. The molecule has 0 radical (unpaired) electrons. The predicted molar refractivity (Wildman–Crippen MR) is 116 cm³/mol. The summed E-state index contributed by atoms with van der Waals surface area (Å²) in [6.45, 7) is 14.9. The second kappa shape index (κ2) is 7.75. The predicted octanol–water partition coefficient (Wildman–Crippen LogP) is 4.06. The molecule has 1 saturated heterocycles. The second-order valence-electron chi connectivity index (χ2n) is 10.5. The molecule has 3 rings (SSSR count). The van der Waals surface area contributed by atoms with E-state index in [4.69, 9.17) is 9.72 Å².